The summed E-state index contributed by atoms with van der Waals surface area (Å²) in [6.07, 6.45) is 1.56. The van der Waals surface area contributed by atoms with Gasteiger partial charge in [-0.3, -0.25) is 9.36 Å². The first kappa shape index (κ1) is 14.7. The summed E-state index contributed by atoms with van der Waals surface area (Å²) in [5.41, 5.74) is 3.45. The van der Waals surface area contributed by atoms with Crippen LogP contribution in [0, 0.1) is 13.8 Å². The zero-order valence-corrected chi connectivity index (χ0v) is 12.6. The van der Waals surface area contributed by atoms with Crippen molar-refractivity contribution in [1.82, 2.24) is 29.9 Å². The number of nitrogens with zero attached hydrogens (tertiary/aromatic N) is 5. The molecule has 0 aromatic carbocycles. The summed E-state index contributed by atoms with van der Waals surface area (Å²) < 4.78 is 8.78. The monoisotopic (exact) mass is 278 g/mol. The molecule has 7 nitrogen and oxygen atoms in total. The van der Waals surface area contributed by atoms with Crippen molar-refractivity contribution in [3.05, 3.63) is 29.1 Å². The molecular formula is C13H22N6O. The predicted molar refractivity (Wildman–Crippen MR) is 75.4 cm³/mol. The Labute approximate surface area is 119 Å². The third-order valence-electron chi connectivity index (χ3n) is 3.41. The number of methoxy groups -OCH3 is 1. The minimum atomic E-state index is 0.640. The molecule has 0 atom stereocenters. The Kier molecular flexibility index (Phi) is 4.86. The van der Waals surface area contributed by atoms with Gasteiger partial charge in [0.25, 0.3) is 0 Å². The molecule has 2 heterocycles. The van der Waals surface area contributed by atoms with Crippen LogP contribution < -0.4 is 5.32 Å². The lowest BCUT2D eigenvalue weighted by Gasteiger charge is -2.06. The molecule has 0 unspecified atom stereocenters. The minimum absolute atomic E-state index is 0.640. The normalized spacial score (nSPS) is 11.2. The largest absolute Gasteiger partial charge is 0.383 e. The van der Waals surface area contributed by atoms with Gasteiger partial charge in [-0.15, -0.1) is 0 Å². The Morgan fingerprint density at radius 3 is 2.80 bits per heavy atom. The van der Waals surface area contributed by atoms with Crippen molar-refractivity contribution in [3.8, 4) is 0 Å². The first-order valence-electron chi connectivity index (χ1n) is 6.69. The number of aryl methyl sites for hydroxylation is 2. The van der Waals surface area contributed by atoms with Crippen LogP contribution in [0.4, 0.5) is 0 Å². The maximum absolute atomic E-state index is 5.03. The molecule has 0 amide bonds. The molecule has 2 aromatic rings. The Balaban J connectivity index is 2.06. The zero-order valence-electron chi connectivity index (χ0n) is 12.6. The first-order valence-corrected chi connectivity index (χ1v) is 6.69. The van der Waals surface area contributed by atoms with Crippen molar-refractivity contribution in [2.24, 2.45) is 7.05 Å². The third kappa shape index (κ3) is 3.23. The predicted octanol–water partition coefficient (Wildman–Crippen LogP) is 0.413. The minimum Gasteiger partial charge on any atom is -0.383 e. The van der Waals surface area contributed by atoms with Crippen molar-refractivity contribution < 1.29 is 4.74 Å². The highest BCUT2D eigenvalue weighted by molar-refractivity contribution is 5.24. The van der Waals surface area contributed by atoms with Crippen LogP contribution in [-0.2, 0) is 24.9 Å². The van der Waals surface area contributed by atoms with E-state index in [9.17, 15) is 0 Å². The number of hydrogen-bond donors (Lipinski definition) is 1. The van der Waals surface area contributed by atoms with Gasteiger partial charge in [0, 0.05) is 38.5 Å². The van der Waals surface area contributed by atoms with Gasteiger partial charge < -0.3 is 10.1 Å². The van der Waals surface area contributed by atoms with Gasteiger partial charge in [-0.05, 0) is 13.8 Å². The van der Waals surface area contributed by atoms with E-state index in [1.54, 1.807) is 18.1 Å². The molecule has 0 aliphatic heterocycles. The molecule has 0 aliphatic carbocycles. The van der Waals surface area contributed by atoms with E-state index in [4.69, 9.17) is 4.74 Å². The number of nitrogens with one attached hydrogen (secondary N) is 1. The van der Waals surface area contributed by atoms with E-state index in [0.717, 1.165) is 30.3 Å². The summed E-state index contributed by atoms with van der Waals surface area (Å²) in [6, 6.07) is 0. The molecule has 2 aromatic heterocycles. The number of aromatic nitrogens is 5. The van der Waals surface area contributed by atoms with E-state index in [-0.39, 0.29) is 0 Å². The Morgan fingerprint density at radius 2 is 2.15 bits per heavy atom. The Bertz CT molecular complexity index is 559. The maximum atomic E-state index is 5.03. The summed E-state index contributed by atoms with van der Waals surface area (Å²) in [4.78, 5) is 4.24. The molecule has 0 saturated carbocycles. The molecular weight excluding hydrogens is 256 g/mol. The molecule has 0 radical (unpaired) electrons. The molecule has 7 heteroatoms. The number of hydrogen-bond acceptors (Lipinski definition) is 5. The van der Waals surface area contributed by atoms with Gasteiger partial charge in [0.2, 0.25) is 0 Å². The van der Waals surface area contributed by atoms with Crippen LogP contribution in [0.5, 0.6) is 0 Å². The highest BCUT2D eigenvalue weighted by Gasteiger charge is 2.12. The molecule has 2 rings (SSSR count). The van der Waals surface area contributed by atoms with Gasteiger partial charge >= 0.3 is 0 Å². The second kappa shape index (κ2) is 6.62. The van der Waals surface area contributed by atoms with Gasteiger partial charge in [-0.1, -0.05) is 0 Å². The summed E-state index contributed by atoms with van der Waals surface area (Å²) in [7, 11) is 3.60. The Morgan fingerprint density at radius 1 is 1.35 bits per heavy atom. The lowest BCUT2D eigenvalue weighted by Crippen LogP contribution is -2.19. The second-order valence-electron chi connectivity index (χ2n) is 4.78. The highest BCUT2D eigenvalue weighted by atomic mass is 16.5. The topological polar surface area (TPSA) is 69.8 Å². The zero-order chi connectivity index (χ0) is 14.5. The van der Waals surface area contributed by atoms with Crippen molar-refractivity contribution in [2.75, 3.05) is 20.3 Å². The smallest absolute Gasteiger partial charge is 0.148 e. The fourth-order valence-corrected chi connectivity index (χ4v) is 2.13. The molecule has 1 N–H and O–H groups in total. The fraction of sp³-hybridized carbons (Fsp3) is 0.615. The highest BCUT2D eigenvalue weighted by Crippen LogP contribution is 2.13. The maximum Gasteiger partial charge on any atom is 0.148 e. The first-order chi connectivity index (χ1) is 9.63. The molecule has 0 spiro atoms. The fourth-order valence-electron chi connectivity index (χ4n) is 2.13. The quantitative estimate of drug-likeness (QED) is 0.743. The summed E-state index contributed by atoms with van der Waals surface area (Å²) in [6.45, 7) is 7.12. The second-order valence-corrected chi connectivity index (χ2v) is 4.78. The standard InChI is InChI=1S/C13H22N6O/c1-10-12(7-14-5-6-20-4)11(2)19(17-10)8-13-15-9-16-18(13)3/h9,14H,5-8H2,1-4H3. The molecule has 20 heavy (non-hydrogen) atoms. The Hall–Kier alpha value is -1.73. The lowest BCUT2D eigenvalue weighted by molar-refractivity contribution is 0.199. The van der Waals surface area contributed by atoms with E-state index in [1.807, 2.05) is 18.7 Å². The molecule has 0 saturated heterocycles. The van der Waals surface area contributed by atoms with Gasteiger partial charge in [-0.25, -0.2) is 4.98 Å². The van der Waals surface area contributed by atoms with Crippen molar-refractivity contribution in [2.45, 2.75) is 26.9 Å². The van der Waals surface area contributed by atoms with Crippen LogP contribution in [0.1, 0.15) is 22.8 Å². The molecule has 110 valence electrons. The summed E-state index contributed by atoms with van der Waals surface area (Å²) in [5, 5.41) is 12.0. The van der Waals surface area contributed by atoms with Crippen LogP contribution in [0.25, 0.3) is 0 Å². The van der Waals surface area contributed by atoms with Gasteiger partial charge in [0.1, 0.15) is 18.7 Å². The van der Waals surface area contributed by atoms with Gasteiger partial charge in [0.15, 0.2) is 0 Å². The van der Waals surface area contributed by atoms with Crippen LogP contribution in [-0.4, -0.2) is 44.8 Å². The van der Waals surface area contributed by atoms with Crippen LogP contribution >= 0.6 is 0 Å². The van der Waals surface area contributed by atoms with E-state index in [0.29, 0.717) is 13.2 Å². The lowest BCUT2D eigenvalue weighted by atomic mass is 10.2. The van der Waals surface area contributed by atoms with E-state index in [2.05, 4.69) is 27.4 Å². The average Bonchev–Trinajstić information content (AvgIpc) is 2.93. The van der Waals surface area contributed by atoms with E-state index >= 15 is 0 Å². The third-order valence-corrected chi connectivity index (χ3v) is 3.41. The van der Waals surface area contributed by atoms with Crippen molar-refractivity contribution in [1.29, 1.82) is 0 Å². The number of rotatable bonds is 7. The SMILES string of the molecule is COCCNCc1c(C)nn(Cc2ncnn2C)c1C. The van der Waals surface area contributed by atoms with Crippen molar-refractivity contribution in [3.63, 3.8) is 0 Å². The summed E-state index contributed by atoms with van der Waals surface area (Å²) in [5.74, 6) is 0.898. The van der Waals surface area contributed by atoms with Crippen LogP contribution in [0.3, 0.4) is 0 Å². The van der Waals surface area contributed by atoms with E-state index in [1.165, 1.54) is 5.56 Å². The van der Waals surface area contributed by atoms with Gasteiger partial charge in [-0.2, -0.15) is 10.2 Å². The van der Waals surface area contributed by atoms with Gasteiger partial charge in [0.05, 0.1) is 12.3 Å². The van der Waals surface area contributed by atoms with E-state index < -0.39 is 0 Å². The molecule has 0 aliphatic rings. The molecule has 0 fully saturated rings. The van der Waals surface area contributed by atoms with Crippen LogP contribution in [0.2, 0.25) is 0 Å². The molecule has 0 bridgehead atoms. The van der Waals surface area contributed by atoms with Crippen LogP contribution in [0.15, 0.2) is 6.33 Å². The number of ether oxygens (including phenoxy) is 1. The average molecular weight is 278 g/mol. The summed E-state index contributed by atoms with van der Waals surface area (Å²) >= 11 is 0. The van der Waals surface area contributed by atoms with Crippen molar-refractivity contribution >= 4 is 0 Å².